The van der Waals surface area contributed by atoms with Crippen molar-refractivity contribution in [1.82, 2.24) is 9.97 Å². The number of hydrogen-bond acceptors (Lipinski definition) is 4. The van der Waals surface area contributed by atoms with Crippen molar-refractivity contribution in [3.63, 3.8) is 0 Å². The summed E-state index contributed by atoms with van der Waals surface area (Å²) in [4.78, 5) is 18.0. The van der Waals surface area contributed by atoms with E-state index in [9.17, 15) is 9.18 Å². The van der Waals surface area contributed by atoms with Crippen molar-refractivity contribution < 1.29 is 13.9 Å². The van der Waals surface area contributed by atoms with E-state index < -0.39 is 11.8 Å². The predicted octanol–water partition coefficient (Wildman–Crippen LogP) is 1.06. The summed E-state index contributed by atoms with van der Waals surface area (Å²) in [5, 5.41) is 8.59. The summed E-state index contributed by atoms with van der Waals surface area (Å²) in [6, 6.07) is 5.81. The minimum atomic E-state index is -0.621. The minimum absolute atomic E-state index is 0. The summed E-state index contributed by atoms with van der Waals surface area (Å²) in [5.74, 6) is -1.06. The van der Waals surface area contributed by atoms with E-state index in [0.29, 0.717) is 11.3 Å². The first-order chi connectivity index (χ1) is 9.19. The van der Waals surface area contributed by atoms with Gasteiger partial charge < -0.3 is 9.72 Å². The molecule has 0 aliphatic carbocycles. The van der Waals surface area contributed by atoms with Crippen LogP contribution < -0.4 is 0 Å². The van der Waals surface area contributed by atoms with Crippen molar-refractivity contribution in [2.24, 2.45) is 0 Å². The normalized spacial score (nSPS) is 9.40. The molecule has 0 aliphatic rings. The zero-order chi connectivity index (χ0) is 13.7. The summed E-state index contributed by atoms with van der Waals surface area (Å²) in [7, 11) is 0. The van der Waals surface area contributed by atoms with Gasteiger partial charge >= 0.3 is 24.8 Å². The molecule has 0 saturated heterocycles. The quantitative estimate of drug-likeness (QED) is 0.663. The maximum absolute atomic E-state index is 13.3. The predicted molar refractivity (Wildman–Crippen MR) is 70.4 cm³/mol. The van der Waals surface area contributed by atoms with Gasteiger partial charge in [-0.15, -0.1) is 0 Å². The standard InChI is InChI=1S/C13H10FN3O2.Li.H/c14-12-3-9(1-2-10(12)5-15)7-19-13(18)4-11-6-16-8-17-11;;/h1-3,6,8H,4,7H2,(H,16,17);;. The number of esters is 1. The molecule has 0 saturated carbocycles. The average molecular weight is 267 g/mol. The Morgan fingerprint density at radius 3 is 2.90 bits per heavy atom. The first kappa shape index (κ1) is 16.0. The summed E-state index contributed by atoms with van der Waals surface area (Å²) in [6.07, 6.45) is 3.08. The van der Waals surface area contributed by atoms with Crippen molar-refractivity contribution in [1.29, 1.82) is 5.26 Å². The first-order valence-corrected chi connectivity index (χ1v) is 5.50. The van der Waals surface area contributed by atoms with E-state index in [0.717, 1.165) is 0 Å². The number of nitrogens with zero attached hydrogens (tertiary/aromatic N) is 2. The van der Waals surface area contributed by atoms with Crippen LogP contribution in [-0.2, 0) is 22.6 Å². The first-order valence-electron chi connectivity index (χ1n) is 5.50. The molecule has 5 nitrogen and oxygen atoms in total. The molecular formula is C13H11FLiN3O2. The molecule has 0 radical (unpaired) electrons. The number of aromatic nitrogens is 2. The number of ether oxygens (including phenoxy) is 1. The molecule has 0 bridgehead atoms. The van der Waals surface area contributed by atoms with Crippen molar-refractivity contribution in [3.05, 3.63) is 53.4 Å². The van der Waals surface area contributed by atoms with Crippen LogP contribution in [0, 0.1) is 17.1 Å². The molecule has 0 atom stereocenters. The van der Waals surface area contributed by atoms with Gasteiger partial charge in [-0.2, -0.15) is 5.26 Å². The van der Waals surface area contributed by atoms with Gasteiger partial charge in [-0.25, -0.2) is 9.37 Å². The van der Waals surface area contributed by atoms with Crippen LogP contribution >= 0.6 is 0 Å². The summed E-state index contributed by atoms with van der Waals surface area (Å²) >= 11 is 0. The number of aromatic amines is 1. The van der Waals surface area contributed by atoms with Gasteiger partial charge in [-0.1, -0.05) is 6.07 Å². The van der Waals surface area contributed by atoms with Gasteiger partial charge in [0.15, 0.2) is 0 Å². The Hall–Kier alpha value is -2.08. The van der Waals surface area contributed by atoms with Crippen LogP contribution in [0.4, 0.5) is 4.39 Å². The average Bonchev–Trinajstić information content (AvgIpc) is 2.89. The van der Waals surface area contributed by atoms with Gasteiger partial charge in [0.05, 0.1) is 18.3 Å². The molecule has 0 aliphatic heterocycles. The number of carbonyl (C=O) groups excluding carboxylic acids is 1. The zero-order valence-electron chi connectivity index (χ0n) is 9.89. The number of carbonyl (C=O) groups is 1. The molecule has 1 aromatic carbocycles. The topological polar surface area (TPSA) is 78.8 Å². The molecule has 1 aromatic heterocycles. The van der Waals surface area contributed by atoms with Crippen LogP contribution in [0.1, 0.15) is 16.8 Å². The van der Waals surface area contributed by atoms with Crippen LogP contribution in [0.2, 0.25) is 0 Å². The molecule has 98 valence electrons. The Balaban J connectivity index is 0.00000200. The van der Waals surface area contributed by atoms with Crippen LogP contribution in [0.25, 0.3) is 0 Å². The fourth-order valence-electron chi connectivity index (χ4n) is 1.49. The molecule has 2 aromatic rings. The number of nitriles is 1. The van der Waals surface area contributed by atoms with Gasteiger partial charge in [0, 0.05) is 11.9 Å². The second kappa shape index (κ2) is 7.49. The Labute approximate surface area is 127 Å². The van der Waals surface area contributed by atoms with E-state index >= 15 is 0 Å². The molecule has 0 fully saturated rings. The van der Waals surface area contributed by atoms with Crippen molar-refractivity contribution >= 4 is 24.8 Å². The summed E-state index contributed by atoms with van der Waals surface area (Å²) in [5.41, 5.74) is 1.11. The number of hydrogen-bond donors (Lipinski definition) is 1. The third-order valence-electron chi connectivity index (χ3n) is 2.44. The van der Waals surface area contributed by atoms with Crippen molar-refractivity contribution in [3.8, 4) is 6.07 Å². The number of H-pyrrole nitrogens is 1. The van der Waals surface area contributed by atoms with Crippen molar-refractivity contribution in [2.75, 3.05) is 0 Å². The van der Waals surface area contributed by atoms with Gasteiger partial charge in [-0.3, -0.25) is 4.79 Å². The third kappa shape index (κ3) is 4.24. The Bertz CT molecular complexity index is 623. The molecule has 2 rings (SSSR count). The van der Waals surface area contributed by atoms with Crippen LogP contribution in [0.15, 0.2) is 30.7 Å². The number of benzene rings is 1. The fourth-order valence-corrected chi connectivity index (χ4v) is 1.49. The number of nitrogens with one attached hydrogen (secondary N) is 1. The molecule has 1 heterocycles. The molecule has 7 heteroatoms. The number of imidazole rings is 1. The molecule has 0 unspecified atom stereocenters. The van der Waals surface area contributed by atoms with E-state index in [2.05, 4.69) is 9.97 Å². The zero-order valence-corrected chi connectivity index (χ0v) is 9.89. The molecule has 0 amide bonds. The molecule has 0 spiro atoms. The summed E-state index contributed by atoms with van der Waals surface area (Å²) in [6.45, 7) is -0.0321. The second-order valence-corrected chi connectivity index (χ2v) is 3.84. The maximum atomic E-state index is 13.3. The SMILES string of the molecule is N#Cc1ccc(COC(=O)Cc2cnc[nH]2)cc1F.[LiH]. The van der Waals surface area contributed by atoms with Gasteiger partial charge in [-0.05, 0) is 17.7 Å². The van der Waals surface area contributed by atoms with E-state index in [-0.39, 0.29) is 37.5 Å². The van der Waals surface area contributed by atoms with Crippen LogP contribution in [-0.4, -0.2) is 34.8 Å². The molecule has 20 heavy (non-hydrogen) atoms. The number of halogens is 1. The Kier molecular flexibility index (Phi) is 5.98. The van der Waals surface area contributed by atoms with Gasteiger partial charge in [0.1, 0.15) is 18.5 Å². The van der Waals surface area contributed by atoms with Crippen molar-refractivity contribution in [2.45, 2.75) is 13.0 Å². The van der Waals surface area contributed by atoms with E-state index in [4.69, 9.17) is 10.00 Å². The monoisotopic (exact) mass is 267 g/mol. The second-order valence-electron chi connectivity index (χ2n) is 3.84. The van der Waals surface area contributed by atoms with E-state index in [1.807, 2.05) is 0 Å². The Morgan fingerprint density at radius 2 is 2.30 bits per heavy atom. The van der Waals surface area contributed by atoms with Crippen LogP contribution in [0.5, 0.6) is 0 Å². The summed E-state index contributed by atoms with van der Waals surface area (Å²) < 4.78 is 18.3. The van der Waals surface area contributed by atoms with Gasteiger partial charge in [0.2, 0.25) is 0 Å². The number of rotatable bonds is 4. The van der Waals surface area contributed by atoms with E-state index in [1.165, 1.54) is 24.7 Å². The fraction of sp³-hybridized carbons (Fsp3) is 0.154. The third-order valence-corrected chi connectivity index (χ3v) is 2.44. The Morgan fingerprint density at radius 1 is 1.50 bits per heavy atom. The van der Waals surface area contributed by atoms with Crippen LogP contribution in [0.3, 0.4) is 0 Å². The van der Waals surface area contributed by atoms with E-state index in [1.54, 1.807) is 12.1 Å². The molecule has 1 N–H and O–H groups in total. The molecular weight excluding hydrogens is 256 g/mol. The van der Waals surface area contributed by atoms with Gasteiger partial charge in [0.25, 0.3) is 0 Å².